The van der Waals surface area contributed by atoms with Crippen molar-refractivity contribution in [3.8, 4) is 5.69 Å². The van der Waals surface area contributed by atoms with E-state index < -0.39 is 0 Å². The molecule has 2 aromatic rings. The first-order valence-corrected chi connectivity index (χ1v) is 5.99. The molecule has 1 heterocycles. The SMILES string of the molecule is Cc1ccc(-n2cc(Cl)cn2)c(CC(C)N)c1. The van der Waals surface area contributed by atoms with Gasteiger partial charge in [0.25, 0.3) is 0 Å². The van der Waals surface area contributed by atoms with Crippen LogP contribution in [0.15, 0.2) is 30.6 Å². The van der Waals surface area contributed by atoms with Crippen LogP contribution in [0.3, 0.4) is 0 Å². The van der Waals surface area contributed by atoms with Gasteiger partial charge >= 0.3 is 0 Å². The van der Waals surface area contributed by atoms with Crippen molar-refractivity contribution >= 4 is 11.6 Å². The Labute approximate surface area is 106 Å². The van der Waals surface area contributed by atoms with E-state index in [2.05, 4.69) is 30.2 Å². The standard InChI is InChI=1S/C13H16ClN3/c1-9-3-4-13(11(5-9)6-10(2)15)17-8-12(14)7-16-17/h3-5,7-8,10H,6,15H2,1-2H3. The Morgan fingerprint density at radius 3 is 2.82 bits per heavy atom. The van der Waals surface area contributed by atoms with Crippen molar-refractivity contribution < 1.29 is 0 Å². The monoisotopic (exact) mass is 249 g/mol. The molecule has 2 N–H and O–H groups in total. The number of aryl methyl sites for hydroxylation is 1. The predicted molar refractivity (Wildman–Crippen MR) is 70.7 cm³/mol. The van der Waals surface area contributed by atoms with E-state index in [1.54, 1.807) is 17.1 Å². The van der Waals surface area contributed by atoms with E-state index in [1.165, 1.54) is 11.1 Å². The molecule has 0 saturated carbocycles. The highest BCUT2D eigenvalue weighted by Gasteiger charge is 2.08. The smallest absolute Gasteiger partial charge is 0.0790 e. The van der Waals surface area contributed by atoms with Gasteiger partial charge in [0.05, 0.1) is 16.9 Å². The number of benzene rings is 1. The van der Waals surface area contributed by atoms with Crippen LogP contribution >= 0.6 is 11.6 Å². The van der Waals surface area contributed by atoms with Gasteiger partial charge in [0.15, 0.2) is 0 Å². The fourth-order valence-electron chi connectivity index (χ4n) is 1.88. The summed E-state index contributed by atoms with van der Waals surface area (Å²) < 4.78 is 1.79. The van der Waals surface area contributed by atoms with Gasteiger partial charge in [-0.25, -0.2) is 4.68 Å². The maximum Gasteiger partial charge on any atom is 0.0790 e. The average molecular weight is 250 g/mol. The number of hydrogen-bond acceptors (Lipinski definition) is 2. The molecule has 2 rings (SSSR count). The Balaban J connectivity index is 2.45. The number of nitrogens with two attached hydrogens (primary N) is 1. The minimum Gasteiger partial charge on any atom is -0.328 e. The number of rotatable bonds is 3. The summed E-state index contributed by atoms with van der Waals surface area (Å²) in [4.78, 5) is 0. The van der Waals surface area contributed by atoms with E-state index in [-0.39, 0.29) is 6.04 Å². The first-order valence-electron chi connectivity index (χ1n) is 5.62. The van der Waals surface area contributed by atoms with Crippen molar-refractivity contribution in [3.05, 3.63) is 46.7 Å². The lowest BCUT2D eigenvalue weighted by Gasteiger charge is -2.12. The van der Waals surface area contributed by atoms with Crippen molar-refractivity contribution in [1.29, 1.82) is 0 Å². The van der Waals surface area contributed by atoms with E-state index in [1.807, 2.05) is 6.92 Å². The molecule has 4 heteroatoms. The van der Waals surface area contributed by atoms with Crippen LogP contribution < -0.4 is 5.73 Å². The van der Waals surface area contributed by atoms with Gasteiger partial charge in [-0.15, -0.1) is 0 Å². The summed E-state index contributed by atoms with van der Waals surface area (Å²) in [7, 11) is 0. The zero-order valence-corrected chi connectivity index (χ0v) is 10.8. The van der Waals surface area contributed by atoms with Crippen molar-refractivity contribution in [1.82, 2.24) is 9.78 Å². The van der Waals surface area contributed by atoms with Gasteiger partial charge in [-0.2, -0.15) is 5.10 Å². The van der Waals surface area contributed by atoms with E-state index in [0.717, 1.165) is 12.1 Å². The number of hydrogen-bond donors (Lipinski definition) is 1. The summed E-state index contributed by atoms with van der Waals surface area (Å²) >= 11 is 5.89. The Morgan fingerprint density at radius 2 is 2.24 bits per heavy atom. The second-order valence-corrected chi connectivity index (χ2v) is 4.85. The first-order chi connectivity index (χ1) is 8.06. The molecule has 3 nitrogen and oxygen atoms in total. The third kappa shape index (κ3) is 2.87. The Kier molecular flexibility index (Phi) is 3.50. The number of halogens is 1. The average Bonchev–Trinajstić information content (AvgIpc) is 2.64. The van der Waals surface area contributed by atoms with Crippen LogP contribution in [0.2, 0.25) is 5.02 Å². The fraction of sp³-hybridized carbons (Fsp3) is 0.308. The minimum atomic E-state index is 0.126. The Bertz CT molecular complexity index is 517. The highest BCUT2D eigenvalue weighted by molar-refractivity contribution is 6.30. The molecule has 0 saturated heterocycles. The lowest BCUT2D eigenvalue weighted by molar-refractivity contribution is 0.727. The summed E-state index contributed by atoms with van der Waals surface area (Å²) in [6, 6.07) is 6.39. The maximum atomic E-state index is 5.89. The molecule has 0 amide bonds. The molecule has 17 heavy (non-hydrogen) atoms. The lowest BCUT2D eigenvalue weighted by atomic mass is 10.0. The lowest BCUT2D eigenvalue weighted by Crippen LogP contribution is -2.19. The van der Waals surface area contributed by atoms with Gasteiger partial charge in [-0.1, -0.05) is 29.3 Å². The molecule has 0 bridgehead atoms. The van der Waals surface area contributed by atoms with Crippen LogP contribution in [0.4, 0.5) is 0 Å². The molecule has 0 spiro atoms. The van der Waals surface area contributed by atoms with Crippen LogP contribution in [-0.4, -0.2) is 15.8 Å². The molecule has 1 unspecified atom stereocenters. The van der Waals surface area contributed by atoms with Crippen LogP contribution in [0.1, 0.15) is 18.1 Å². The van der Waals surface area contributed by atoms with Crippen LogP contribution in [0.5, 0.6) is 0 Å². The van der Waals surface area contributed by atoms with Crippen LogP contribution in [0.25, 0.3) is 5.69 Å². The highest BCUT2D eigenvalue weighted by atomic mass is 35.5. The largest absolute Gasteiger partial charge is 0.328 e. The molecule has 1 aromatic carbocycles. The quantitative estimate of drug-likeness (QED) is 0.909. The summed E-state index contributed by atoms with van der Waals surface area (Å²) in [5.41, 5.74) is 9.33. The third-order valence-electron chi connectivity index (χ3n) is 2.57. The topological polar surface area (TPSA) is 43.8 Å². The first kappa shape index (κ1) is 12.1. The van der Waals surface area contributed by atoms with Gasteiger partial charge < -0.3 is 5.73 Å². The van der Waals surface area contributed by atoms with Crippen molar-refractivity contribution in [2.45, 2.75) is 26.3 Å². The summed E-state index contributed by atoms with van der Waals surface area (Å²) in [5, 5.41) is 4.86. The summed E-state index contributed by atoms with van der Waals surface area (Å²) in [5.74, 6) is 0. The van der Waals surface area contributed by atoms with Crippen LogP contribution in [-0.2, 0) is 6.42 Å². The highest BCUT2D eigenvalue weighted by Crippen LogP contribution is 2.19. The molecular formula is C13H16ClN3. The number of nitrogens with zero attached hydrogens (tertiary/aromatic N) is 2. The molecular weight excluding hydrogens is 234 g/mol. The maximum absolute atomic E-state index is 5.89. The van der Waals surface area contributed by atoms with Gasteiger partial charge in [0.1, 0.15) is 0 Å². The van der Waals surface area contributed by atoms with E-state index in [9.17, 15) is 0 Å². The summed E-state index contributed by atoms with van der Waals surface area (Å²) in [6.45, 7) is 4.08. The van der Waals surface area contributed by atoms with E-state index >= 15 is 0 Å². The van der Waals surface area contributed by atoms with E-state index in [0.29, 0.717) is 5.02 Å². The molecule has 90 valence electrons. The molecule has 1 atom stereocenters. The summed E-state index contributed by atoms with van der Waals surface area (Å²) in [6.07, 6.45) is 4.27. The molecule has 0 aliphatic carbocycles. The third-order valence-corrected chi connectivity index (χ3v) is 2.77. The molecule has 0 aliphatic heterocycles. The van der Waals surface area contributed by atoms with Crippen LogP contribution in [0, 0.1) is 6.92 Å². The van der Waals surface area contributed by atoms with Crippen molar-refractivity contribution in [2.75, 3.05) is 0 Å². The van der Waals surface area contributed by atoms with Crippen molar-refractivity contribution in [3.63, 3.8) is 0 Å². The Morgan fingerprint density at radius 1 is 1.47 bits per heavy atom. The Hall–Kier alpha value is -1.32. The number of aromatic nitrogens is 2. The fourth-order valence-corrected chi connectivity index (χ4v) is 2.02. The zero-order valence-electron chi connectivity index (χ0n) is 10.0. The normalized spacial score (nSPS) is 12.7. The molecule has 0 fully saturated rings. The van der Waals surface area contributed by atoms with Gasteiger partial charge in [0.2, 0.25) is 0 Å². The van der Waals surface area contributed by atoms with Gasteiger partial charge in [0, 0.05) is 12.2 Å². The van der Waals surface area contributed by atoms with Gasteiger partial charge in [-0.3, -0.25) is 0 Å². The minimum absolute atomic E-state index is 0.126. The second kappa shape index (κ2) is 4.90. The zero-order chi connectivity index (χ0) is 12.4. The molecule has 0 radical (unpaired) electrons. The van der Waals surface area contributed by atoms with E-state index in [4.69, 9.17) is 17.3 Å². The van der Waals surface area contributed by atoms with Gasteiger partial charge in [-0.05, 0) is 31.9 Å². The predicted octanol–water partition coefficient (Wildman–Crippen LogP) is 2.72. The van der Waals surface area contributed by atoms with Crippen molar-refractivity contribution in [2.24, 2.45) is 5.73 Å². The molecule has 0 aliphatic rings. The second-order valence-electron chi connectivity index (χ2n) is 4.42. The molecule has 1 aromatic heterocycles.